The van der Waals surface area contributed by atoms with Gasteiger partial charge in [-0.05, 0) is 95.8 Å². The molecular formula is C28H22FIN2O6S2. The highest BCUT2D eigenvalue weighted by molar-refractivity contribution is 14.1. The number of halogens is 2. The molecule has 1 aliphatic heterocycles. The van der Waals surface area contributed by atoms with Crippen molar-refractivity contribution in [3.8, 4) is 11.5 Å². The highest BCUT2D eigenvalue weighted by atomic mass is 127. The molecule has 1 heterocycles. The summed E-state index contributed by atoms with van der Waals surface area (Å²) >= 11 is 8.69. The normalized spacial score (nSPS) is 13.9. The van der Waals surface area contributed by atoms with Gasteiger partial charge < -0.3 is 19.5 Å². The molecule has 0 aromatic heterocycles. The van der Waals surface area contributed by atoms with Crippen molar-refractivity contribution in [2.75, 3.05) is 30.5 Å². The molecule has 0 saturated carbocycles. The van der Waals surface area contributed by atoms with Crippen LogP contribution in [0.4, 0.5) is 15.8 Å². The molecule has 3 aromatic carbocycles. The molecule has 0 radical (unpaired) electrons. The van der Waals surface area contributed by atoms with Gasteiger partial charge >= 0.3 is 5.97 Å². The summed E-state index contributed by atoms with van der Waals surface area (Å²) in [5.74, 6) is -0.891. The predicted octanol–water partition coefficient (Wildman–Crippen LogP) is 6.04. The number of carbonyl (C=O) groups excluding carboxylic acids is 3. The maximum atomic E-state index is 13.4. The zero-order chi connectivity index (χ0) is 28.8. The SMILES string of the molecule is CCOC(=O)COc1c(I)cc(/C=C2/SC(=S)N(c3cccc(C(=O)Nc4ccc(F)cc4)c3)C2=O)cc1OC. The number of benzene rings is 3. The van der Waals surface area contributed by atoms with Gasteiger partial charge in [0, 0.05) is 11.3 Å². The molecule has 1 saturated heterocycles. The Labute approximate surface area is 253 Å². The van der Waals surface area contributed by atoms with Gasteiger partial charge in [-0.15, -0.1) is 0 Å². The van der Waals surface area contributed by atoms with E-state index in [0.29, 0.717) is 46.8 Å². The van der Waals surface area contributed by atoms with Crippen molar-refractivity contribution in [1.29, 1.82) is 0 Å². The number of thiocarbonyl (C=S) groups is 1. The van der Waals surface area contributed by atoms with Crippen LogP contribution in [-0.4, -0.2) is 42.4 Å². The lowest BCUT2D eigenvalue weighted by atomic mass is 10.1. The highest BCUT2D eigenvalue weighted by Gasteiger charge is 2.33. The summed E-state index contributed by atoms with van der Waals surface area (Å²) in [6.45, 7) is 1.70. The molecule has 0 unspecified atom stereocenters. The average Bonchev–Trinajstić information content (AvgIpc) is 3.21. The molecule has 40 heavy (non-hydrogen) atoms. The first-order valence-corrected chi connectivity index (χ1v) is 14.1. The van der Waals surface area contributed by atoms with Gasteiger partial charge in [0.25, 0.3) is 11.8 Å². The summed E-state index contributed by atoms with van der Waals surface area (Å²) in [5, 5.41) is 2.70. The number of ether oxygens (including phenoxy) is 3. The van der Waals surface area contributed by atoms with Crippen LogP contribution in [0.3, 0.4) is 0 Å². The number of esters is 1. The van der Waals surface area contributed by atoms with Crippen molar-refractivity contribution in [2.24, 2.45) is 0 Å². The Morgan fingerprint density at radius 2 is 1.90 bits per heavy atom. The van der Waals surface area contributed by atoms with Crippen LogP contribution in [0, 0.1) is 9.39 Å². The van der Waals surface area contributed by atoms with Crippen molar-refractivity contribution in [2.45, 2.75) is 6.92 Å². The number of carbonyl (C=O) groups is 3. The van der Waals surface area contributed by atoms with E-state index in [1.54, 1.807) is 49.4 Å². The molecule has 0 bridgehead atoms. The fourth-order valence-corrected chi connectivity index (χ4v) is 5.74. The van der Waals surface area contributed by atoms with Gasteiger partial charge in [0.05, 0.1) is 27.9 Å². The van der Waals surface area contributed by atoms with Crippen molar-refractivity contribution >= 4 is 86.1 Å². The molecule has 1 fully saturated rings. The predicted molar refractivity (Wildman–Crippen MR) is 164 cm³/mol. The molecule has 3 aromatic rings. The minimum atomic E-state index is -0.495. The number of methoxy groups -OCH3 is 1. The zero-order valence-electron chi connectivity index (χ0n) is 21.2. The third kappa shape index (κ3) is 6.98. The van der Waals surface area contributed by atoms with E-state index in [9.17, 15) is 18.8 Å². The number of anilines is 2. The molecule has 1 N–H and O–H groups in total. The van der Waals surface area contributed by atoms with Gasteiger partial charge in [0.2, 0.25) is 0 Å². The topological polar surface area (TPSA) is 94.2 Å². The van der Waals surface area contributed by atoms with E-state index in [0.717, 1.165) is 11.8 Å². The lowest BCUT2D eigenvalue weighted by Crippen LogP contribution is -2.27. The second-order valence-electron chi connectivity index (χ2n) is 8.16. The maximum Gasteiger partial charge on any atom is 0.344 e. The minimum absolute atomic E-state index is 0.251. The fourth-order valence-electron chi connectivity index (χ4n) is 3.66. The monoisotopic (exact) mass is 692 g/mol. The fraction of sp³-hybridized carbons (Fsp3) is 0.143. The van der Waals surface area contributed by atoms with E-state index in [1.165, 1.54) is 36.3 Å². The van der Waals surface area contributed by atoms with E-state index in [-0.39, 0.29) is 19.1 Å². The molecule has 0 spiro atoms. The Hall–Kier alpha value is -3.49. The van der Waals surface area contributed by atoms with Gasteiger partial charge in [-0.25, -0.2) is 9.18 Å². The van der Waals surface area contributed by atoms with Crippen molar-refractivity contribution in [3.05, 3.63) is 86.1 Å². The van der Waals surface area contributed by atoms with Gasteiger partial charge in [-0.2, -0.15) is 0 Å². The second kappa shape index (κ2) is 13.2. The van der Waals surface area contributed by atoms with E-state index in [4.69, 9.17) is 26.4 Å². The summed E-state index contributed by atoms with van der Waals surface area (Å²) < 4.78 is 30.1. The first kappa shape index (κ1) is 29.5. The summed E-state index contributed by atoms with van der Waals surface area (Å²) in [5.41, 5.74) is 1.84. The smallest absolute Gasteiger partial charge is 0.344 e. The second-order valence-corrected chi connectivity index (χ2v) is 11.0. The number of nitrogens with one attached hydrogen (secondary N) is 1. The molecule has 4 rings (SSSR count). The summed E-state index contributed by atoms with van der Waals surface area (Å²) in [6, 6.07) is 15.4. The highest BCUT2D eigenvalue weighted by Crippen LogP contribution is 2.39. The molecule has 12 heteroatoms. The standard InChI is InChI=1S/C28H22FIN2O6S2/c1-3-37-24(33)15-38-25-21(30)11-16(12-22(25)36-2)13-23-27(35)32(28(39)40-23)20-6-4-5-17(14-20)26(34)31-19-9-7-18(29)8-10-19/h4-14H,3,15H2,1-2H3,(H,31,34)/b23-13+. The third-order valence-corrected chi connectivity index (χ3v) is 7.56. The lowest BCUT2D eigenvalue weighted by molar-refractivity contribution is -0.145. The first-order valence-electron chi connectivity index (χ1n) is 11.8. The third-order valence-electron chi connectivity index (χ3n) is 5.45. The summed E-state index contributed by atoms with van der Waals surface area (Å²) in [4.78, 5) is 39.6. The number of amides is 2. The van der Waals surface area contributed by atoms with Crippen LogP contribution < -0.4 is 19.7 Å². The Balaban J connectivity index is 1.53. The number of thioether (sulfide) groups is 1. The molecule has 0 aliphatic carbocycles. The zero-order valence-corrected chi connectivity index (χ0v) is 25.0. The molecule has 1 aliphatic rings. The molecular weight excluding hydrogens is 670 g/mol. The van der Waals surface area contributed by atoms with Gasteiger partial charge in [-0.1, -0.05) is 30.0 Å². The van der Waals surface area contributed by atoms with E-state index in [1.807, 2.05) is 0 Å². The van der Waals surface area contributed by atoms with Crippen molar-refractivity contribution in [1.82, 2.24) is 0 Å². The Bertz CT molecular complexity index is 1510. The molecule has 206 valence electrons. The number of hydrogen-bond acceptors (Lipinski definition) is 8. The number of hydrogen-bond donors (Lipinski definition) is 1. The van der Waals surface area contributed by atoms with Crippen LogP contribution in [0.2, 0.25) is 0 Å². The van der Waals surface area contributed by atoms with Gasteiger partial charge in [0.1, 0.15) is 5.82 Å². The number of rotatable bonds is 9. The van der Waals surface area contributed by atoms with Crippen LogP contribution in [-0.2, 0) is 14.3 Å². The van der Waals surface area contributed by atoms with Crippen LogP contribution in [0.25, 0.3) is 6.08 Å². The van der Waals surface area contributed by atoms with Gasteiger partial charge in [-0.3, -0.25) is 14.5 Å². The quantitative estimate of drug-likeness (QED) is 0.126. The first-order chi connectivity index (χ1) is 19.2. The Morgan fingerprint density at radius 3 is 2.60 bits per heavy atom. The Morgan fingerprint density at radius 1 is 1.15 bits per heavy atom. The largest absolute Gasteiger partial charge is 0.493 e. The van der Waals surface area contributed by atoms with Crippen LogP contribution in [0.15, 0.2) is 65.6 Å². The van der Waals surface area contributed by atoms with Crippen LogP contribution in [0.5, 0.6) is 11.5 Å². The van der Waals surface area contributed by atoms with E-state index in [2.05, 4.69) is 27.9 Å². The van der Waals surface area contributed by atoms with Crippen LogP contribution >= 0.6 is 46.6 Å². The van der Waals surface area contributed by atoms with Crippen molar-refractivity contribution < 1.29 is 33.0 Å². The minimum Gasteiger partial charge on any atom is -0.493 e. The molecule has 2 amide bonds. The van der Waals surface area contributed by atoms with E-state index >= 15 is 0 Å². The van der Waals surface area contributed by atoms with Crippen LogP contribution in [0.1, 0.15) is 22.8 Å². The average molecular weight is 693 g/mol. The summed E-state index contributed by atoms with van der Waals surface area (Å²) in [7, 11) is 1.48. The van der Waals surface area contributed by atoms with Gasteiger partial charge in [0.15, 0.2) is 22.4 Å². The maximum absolute atomic E-state index is 13.4. The number of nitrogens with zero attached hydrogens (tertiary/aromatic N) is 1. The molecule has 0 atom stereocenters. The lowest BCUT2D eigenvalue weighted by Gasteiger charge is -2.16. The van der Waals surface area contributed by atoms with E-state index < -0.39 is 17.7 Å². The molecule has 8 nitrogen and oxygen atoms in total. The Kier molecular flexibility index (Phi) is 9.76. The summed E-state index contributed by atoms with van der Waals surface area (Å²) in [6.07, 6.45) is 1.68. The van der Waals surface area contributed by atoms with Crippen molar-refractivity contribution in [3.63, 3.8) is 0 Å².